The van der Waals surface area contributed by atoms with Crippen molar-refractivity contribution in [2.45, 2.75) is 38.9 Å². The summed E-state index contributed by atoms with van der Waals surface area (Å²) in [6, 6.07) is 7.50. The third-order valence-electron chi connectivity index (χ3n) is 4.06. The summed E-state index contributed by atoms with van der Waals surface area (Å²) in [5.41, 5.74) is 2.92. The largest absolute Gasteiger partial charge is 0.289 e. The van der Waals surface area contributed by atoms with Crippen molar-refractivity contribution < 1.29 is 14.0 Å². The summed E-state index contributed by atoms with van der Waals surface area (Å²) in [6.45, 7) is 1.35. The lowest BCUT2D eigenvalue weighted by molar-refractivity contribution is -0.130. The van der Waals surface area contributed by atoms with Gasteiger partial charge in [0.1, 0.15) is 0 Å². The van der Waals surface area contributed by atoms with E-state index < -0.39 is 6.30 Å². The Morgan fingerprint density at radius 3 is 2.75 bits per heavy atom. The summed E-state index contributed by atoms with van der Waals surface area (Å²) in [6.07, 6.45) is 0.808. The number of fused-ring (bicyclic) bond motifs is 1. The standard InChI is InChI=1S/C16H16FNO2/c1-10(19)18-14(8-9-15(18)17)13-7-6-11-4-2-3-5-12(11)16(13)20/h2-5,15H,6-9H2,1H3. The van der Waals surface area contributed by atoms with Gasteiger partial charge in [-0.2, -0.15) is 0 Å². The highest BCUT2D eigenvalue weighted by Crippen LogP contribution is 2.36. The zero-order chi connectivity index (χ0) is 14.3. The summed E-state index contributed by atoms with van der Waals surface area (Å²) in [5, 5.41) is 0. The van der Waals surface area contributed by atoms with Crippen LogP contribution in [0.2, 0.25) is 0 Å². The average Bonchev–Trinajstić information content (AvgIpc) is 2.81. The van der Waals surface area contributed by atoms with Crippen molar-refractivity contribution in [1.29, 1.82) is 0 Å². The van der Waals surface area contributed by atoms with Crippen LogP contribution in [0.5, 0.6) is 0 Å². The molecular formula is C16H16FNO2. The quantitative estimate of drug-likeness (QED) is 0.538. The van der Waals surface area contributed by atoms with E-state index in [2.05, 4.69) is 0 Å². The first-order chi connectivity index (χ1) is 9.59. The summed E-state index contributed by atoms with van der Waals surface area (Å²) in [7, 11) is 0. The number of alkyl halides is 1. The van der Waals surface area contributed by atoms with Crippen LogP contribution in [-0.4, -0.2) is 22.9 Å². The van der Waals surface area contributed by atoms with Crippen LogP contribution in [-0.2, 0) is 11.2 Å². The fourth-order valence-electron chi connectivity index (χ4n) is 3.13. The van der Waals surface area contributed by atoms with Crippen LogP contribution in [0.25, 0.3) is 0 Å². The van der Waals surface area contributed by atoms with Gasteiger partial charge in [-0.15, -0.1) is 0 Å². The number of carbonyl (C=O) groups is 2. The SMILES string of the molecule is CC(=O)N1C(=C2CCc3ccccc3C2=O)CCC1F. The van der Waals surface area contributed by atoms with Gasteiger partial charge in [-0.25, -0.2) is 4.39 Å². The number of halogens is 1. The third-order valence-corrected chi connectivity index (χ3v) is 4.06. The number of nitrogens with zero attached hydrogens (tertiary/aromatic N) is 1. The van der Waals surface area contributed by atoms with Crippen LogP contribution in [0.4, 0.5) is 4.39 Å². The number of Topliss-reactive ketones (excluding diaryl/α,β-unsaturated/α-hetero) is 1. The van der Waals surface area contributed by atoms with Crippen molar-refractivity contribution in [1.82, 2.24) is 4.90 Å². The molecule has 1 aromatic carbocycles. The van der Waals surface area contributed by atoms with Gasteiger partial charge in [0, 0.05) is 30.2 Å². The Morgan fingerprint density at radius 1 is 1.25 bits per heavy atom. The number of ketones is 1. The van der Waals surface area contributed by atoms with Crippen molar-refractivity contribution in [2.24, 2.45) is 0 Å². The Balaban J connectivity index is 2.05. The molecular weight excluding hydrogens is 257 g/mol. The maximum Gasteiger partial charge on any atom is 0.225 e. The number of allylic oxidation sites excluding steroid dienone is 2. The second-order valence-corrected chi connectivity index (χ2v) is 5.27. The molecule has 1 aliphatic heterocycles. The van der Waals surface area contributed by atoms with E-state index in [-0.39, 0.29) is 18.1 Å². The van der Waals surface area contributed by atoms with Gasteiger partial charge < -0.3 is 0 Å². The zero-order valence-corrected chi connectivity index (χ0v) is 11.4. The van der Waals surface area contributed by atoms with Crippen LogP contribution in [0.1, 0.15) is 42.1 Å². The van der Waals surface area contributed by atoms with Crippen molar-refractivity contribution in [3.05, 3.63) is 46.7 Å². The van der Waals surface area contributed by atoms with E-state index >= 15 is 0 Å². The van der Waals surface area contributed by atoms with Crippen molar-refractivity contribution >= 4 is 11.7 Å². The molecule has 1 atom stereocenters. The Morgan fingerprint density at radius 2 is 2.00 bits per heavy atom. The smallest absolute Gasteiger partial charge is 0.225 e. The van der Waals surface area contributed by atoms with Crippen LogP contribution < -0.4 is 0 Å². The second kappa shape index (κ2) is 4.85. The molecule has 3 nitrogen and oxygen atoms in total. The predicted octanol–water partition coefficient (Wildman–Crippen LogP) is 3.01. The molecule has 0 N–H and O–H groups in total. The lowest BCUT2D eigenvalue weighted by atomic mass is 9.85. The van der Waals surface area contributed by atoms with Crippen LogP contribution in [0.15, 0.2) is 35.5 Å². The van der Waals surface area contributed by atoms with E-state index in [1.165, 1.54) is 6.92 Å². The molecule has 20 heavy (non-hydrogen) atoms. The van der Waals surface area contributed by atoms with Crippen molar-refractivity contribution in [3.63, 3.8) is 0 Å². The molecule has 1 aliphatic carbocycles. The maximum absolute atomic E-state index is 13.8. The highest BCUT2D eigenvalue weighted by Gasteiger charge is 2.35. The summed E-state index contributed by atoms with van der Waals surface area (Å²) in [5.74, 6) is -0.383. The number of hydrogen-bond donors (Lipinski definition) is 0. The van der Waals surface area contributed by atoms with E-state index in [9.17, 15) is 14.0 Å². The fourth-order valence-corrected chi connectivity index (χ4v) is 3.13. The second-order valence-electron chi connectivity index (χ2n) is 5.27. The first kappa shape index (κ1) is 13.0. The van der Waals surface area contributed by atoms with Gasteiger partial charge >= 0.3 is 0 Å². The molecule has 0 spiro atoms. The molecule has 0 aromatic heterocycles. The molecule has 0 radical (unpaired) electrons. The normalized spacial score (nSPS) is 25.8. The van der Waals surface area contributed by atoms with Gasteiger partial charge in [-0.3, -0.25) is 14.5 Å². The average molecular weight is 273 g/mol. The number of amides is 1. The Hall–Kier alpha value is -1.97. The molecule has 1 heterocycles. The van der Waals surface area contributed by atoms with E-state index in [1.54, 1.807) is 6.07 Å². The zero-order valence-electron chi connectivity index (χ0n) is 11.4. The topological polar surface area (TPSA) is 37.4 Å². The van der Waals surface area contributed by atoms with Crippen LogP contribution in [0.3, 0.4) is 0 Å². The van der Waals surface area contributed by atoms with Gasteiger partial charge in [0.2, 0.25) is 5.91 Å². The van der Waals surface area contributed by atoms with Crippen molar-refractivity contribution in [2.75, 3.05) is 0 Å². The molecule has 104 valence electrons. The summed E-state index contributed by atoms with van der Waals surface area (Å²) >= 11 is 0. The highest BCUT2D eigenvalue weighted by molar-refractivity contribution is 6.11. The minimum Gasteiger partial charge on any atom is -0.289 e. The molecule has 0 bridgehead atoms. The molecule has 2 aliphatic rings. The lowest BCUT2D eigenvalue weighted by Crippen LogP contribution is -2.31. The van der Waals surface area contributed by atoms with Gasteiger partial charge in [0.15, 0.2) is 12.1 Å². The number of aryl methyl sites for hydroxylation is 1. The van der Waals surface area contributed by atoms with Gasteiger partial charge in [-0.05, 0) is 24.8 Å². The molecule has 1 saturated heterocycles. The Labute approximate surface area is 117 Å². The van der Waals surface area contributed by atoms with Crippen LogP contribution in [0, 0.1) is 0 Å². The number of likely N-dealkylation sites (tertiary alicyclic amines) is 1. The lowest BCUT2D eigenvalue weighted by Gasteiger charge is -2.24. The molecule has 1 amide bonds. The summed E-state index contributed by atoms with van der Waals surface area (Å²) in [4.78, 5) is 25.3. The van der Waals surface area contributed by atoms with Gasteiger partial charge in [0.05, 0.1) is 0 Å². The third kappa shape index (κ3) is 1.96. The van der Waals surface area contributed by atoms with Gasteiger partial charge in [-0.1, -0.05) is 24.3 Å². The molecule has 0 saturated carbocycles. The number of rotatable bonds is 0. The highest BCUT2D eigenvalue weighted by atomic mass is 19.1. The van der Waals surface area contributed by atoms with E-state index in [0.29, 0.717) is 29.7 Å². The number of carbonyl (C=O) groups excluding carboxylic acids is 2. The Kier molecular flexibility index (Phi) is 3.16. The van der Waals surface area contributed by atoms with E-state index in [4.69, 9.17) is 0 Å². The Bertz CT molecular complexity index is 621. The molecule has 1 aromatic rings. The monoisotopic (exact) mass is 273 g/mol. The fraction of sp³-hybridized carbons (Fsp3) is 0.375. The maximum atomic E-state index is 13.8. The van der Waals surface area contributed by atoms with E-state index in [0.717, 1.165) is 16.9 Å². The van der Waals surface area contributed by atoms with E-state index in [1.807, 2.05) is 18.2 Å². The molecule has 4 heteroatoms. The molecule has 1 unspecified atom stereocenters. The van der Waals surface area contributed by atoms with Gasteiger partial charge in [0.25, 0.3) is 0 Å². The number of hydrogen-bond acceptors (Lipinski definition) is 2. The predicted molar refractivity (Wildman–Crippen MR) is 72.8 cm³/mol. The molecule has 1 fully saturated rings. The first-order valence-electron chi connectivity index (χ1n) is 6.88. The van der Waals surface area contributed by atoms with Crippen molar-refractivity contribution in [3.8, 4) is 0 Å². The minimum atomic E-state index is -1.29. The minimum absolute atomic E-state index is 0.0535. The summed E-state index contributed by atoms with van der Waals surface area (Å²) < 4.78 is 13.8. The molecule has 3 rings (SSSR count). The number of benzene rings is 1. The first-order valence-corrected chi connectivity index (χ1v) is 6.88. The van der Waals surface area contributed by atoms with Crippen LogP contribution >= 0.6 is 0 Å².